The fourth-order valence-corrected chi connectivity index (χ4v) is 3.48. The lowest BCUT2D eigenvalue weighted by Crippen LogP contribution is -2.33. The van der Waals surface area contributed by atoms with E-state index in [1.54, 1.807) is 24.3 Å². The van der Waals surface area contributed by atoms with E-state index in [-0.39, 0.29) is 28.0 Å². The number of carbonyl (C=O) groups excluding carboxylic acids is 2. The number of rotatable bonds is 6. The average molecular weight is 484 g/mol. The third kappa shape index (κ3) is 5.89. The second-order valence-electron chi connectivity index (χ2n) is 6.23. The molecule has 3 aromatic carbocycles. The summed E-state index contributed by atoms with van der Waals surface area (Å²) < 4.78 is 10.7. The van der Waals surface area contributed by atoms with Gasteiger partial charge in [0.1, 0.15) is 11.5 Å². The van der Waals surface area contributed by atoms with E-state index in [0.29, 0.717) is 10.0 Å². The molecule has 0 unspecified atom stereocenters. The fraction of sp³-hybridized carbons (Fsp3) is 0.0909. The lowest BCUT2D eigenvalue weighted by molar-refractivity contribution is -0.151. The van der Waals surface area contributed by atoms with Gasteiger partial charge in [0.05, 0.1) is 10.0 Å². The Morgan fingerprint density at radius 3 is 1.60 bits per heavy atom. The zero-order valence-electron chi connectivity index (χ0n) is 15.3. The van der Waals surface area contributed by atoms with Crippen LogP contribution in [0.15, 0.2) is 66.7 Å². The first kappa shape index (κ1) is 22.4. The van der Waals surface area contributed by atoms with Crippen molar-refractivity contribution in [2.75, 3.05) is 0 Å². The van der Waals surface area contributed by atoms with Gasteiger partial charge in [0, 0.05) is 10.0 Å². The van der Waals surface area contributed by atoms with Crippen molar-refractivity contribution in [3.63, 3.8) is 0 Å². The number of esters is 2. The van der Waals surface area contributed by atoms with Crippen LogP contribution in [0.4, 0.5) is 0 Å². The number of ether oxygens (including phenoxy) is 2. The van der Waals surface area contributed by atoms with Gasteiger partial charge in [-0.1, -0.05) is 76.7 Å². The van der Waals surface area contributed by atoms with Gasteiger partial charge in [-0.3, -0.25) is 9.59 Å². The van der Waals surface area contributed by atoms with Gasteiger partial charge >= 0.3 is 11.9 Å². The Morgan fingerprint density at radius 2 is 1.17 bits per heavy atom. The molecule has 0 saturated heterocycles. The molecule has 0 bridgehead atoms. The van der Waals surface area contributed by atoms with E-state index in [2.05, 4.69) is 0 Å². The Hall–Kier alpha value is -2.24. The van der Waals surface area contributed by atoms with Crippen LogP contribution < -0.4 is 9.47 Å². The summed E-state index contributed by atoms with van der Waals surface area (Å²) in [5.41, 5.74) is 0.751. The van der Waals surface area contributed by atoms with Gasteiger partial charge in [-0.15, -0.1) is 0 Å². The monoisotopic (exact) mass is 482 g/mol. The predicted molar refractivity (Wildman–Crippen MR) is 118 cm³/mol. The van der Waals surface area contributed by atoms with Crippen molar-refractivity contribution in [2.45, 2.75) is 6.42 Å². The predicted octanol–water partition coefficient (Wildman–Crippen LogP) is 6.67. The third-order valence-corrected chi connectivity index (χ3v) is 5.12. The van der Waals surface area contributed by atoms with Gasteiger partial charge in [0.25, 0.3) is 0 Å². The molecule has 0 radical (unpaired) electrons. The highest BCUT2D eigenvalue weighted by molar-refractivity contribution is 6.36. The largest absolute Gasteiger partial charge is 0.424 e. The van der Waals surface area contributed by atoms with Crippen molar-refractivity contribution in [3.8, 4) is 11.5 Å². The van der Waals surface area contributed by atoms with E-state index in [1.165, 1.54) is 36.4 Å². The number of hydrogen-bond donors (Lipinski definition) is 0. The van der Waals surface area contributed by atoms with Gasteiger partial charge in [-0.2, -0.15) is 0 Å². The van der Waals surface area contributed by atoms with Crippen LogP contribution in [0.5, 0.6) is 11.5 Å². The highest BCUT2D eigenvalue weighted by Gasteiger charge is 2.32. The number of benzene rings is 3. The van der Waals surface area contributed by atoms with E-state index >= 15 is 0 Å². The Morgan fingerprint density at radius 1 is 0.700 bits per heavy atom. The SMILES string of the molecule is O=C(Oc1ccc(Cl)cc1Cl)C(Cc1ccccc1)C(=O)Oc1ccc(Cl)cc1Cl. The van der Waals surface area contributed by atoms with Gasteiger partial charge in [-0.05, 0) is 48.4 Å². The number of carbonyl (C=O) groups is 2. The Labute approximate surface area is 193 Å². The molecule has 0 N–H and O–H groups in total. The molecule has 0 saturated carbocycles. The Bertz CT molecular complexity index is 1000. The molecule has 0 aliphatic carbocycles. The molecular weight excluding hydrogens is 470 g/mol. The highest BCUT2D eigenvalue weighted by Crippen LogP contribution is 2.30. The van der Waals surface area contributed by atoms with Crippen LogP contribution in [0, 0.1) is 5.92 Å². The third-order valence-electron chi connectivity index (χ3n) is 4.06. The van der Waals surface area contributed by atoms with Crippen LogP contribution in [0.25, 0.3) is 0 Å². The standard InChI is InChI=1S/C22H14Cl4O4/c23-14-6-8-19(17(25)11-14)29-21(27)16(10-13-4-2-1-3-5-13)22(28)30-20-9-7-15(24)12-18(20)26/h1-9,11-12,16H,10H2. The second kappa shape index (κ2) is 10.2. The van der Waals surface area contributed by atoms with Gasteiger partial charge in [-0.25, -0.2) is 0 Å². The zero-order chi connectivity index (χ0) is 21.7. The molecule has 0 atom stereocenters. The molecule has 154 valence electrons. The molecule has 0 fully saturated rings. The van der Waals surface area contributed by atoms with E-state index in [1.807, 2.05) is 6.07 Å². The van der Waals surface area contributed by atoms with E-state index < -0.39 is 17.9 Å². The summed E-state index contributed by atoms with van der Waals surface area (Å²) in [6.45, 7) is 0. The van der Waals surface area contributed by atoms with Crippen molar-refractivity contribution < 1.29 is 19.1 Å². The van der Waals surface area contributed by atoms with E-state index in [9.17, 15) is 9.59 Å². The topological polar surface area (TPSA) is 52.6 Å². The van der Waals surface area contributed by atoms with Crippen LogP contribution >= 0.6 is 46.4 Å². The molecule has 0 aromatic heterocycles. The summed E-state index contributed by atoms with van der Waals surface area (Å²) >= 11 is 23.9. The van der Waals surface area contributed by atoms with Crippen molar-refractivity contribution in [1.82, 2.24) is 0 Å². The molecule has 8 heteroatoms. The van der Waals surface area contributed by atoms with Gasteiger partial charge in [0.2, 0.25) is 0 Å². The molecule has 0 spiro atoms. The maximum atomic E-state index is 12.9. The summed E-state index contributed by atoms with van der Waals surface area (Å²) in [6, 6.07) is 17.8. The first-order chi connectivity index (χ1) is 14.3. The molecule has 0 heterocycles. The van der Waals surface area contributed by atoms with Crippen LogP contribution in [-0.2, 0) is 16.0 Å². The van der Waals surface area contributed by atoms with E-state index in [4.69, 9.17) is 55.9 Å². The van der Waals surface area contributed by atoms with Crippen LogP contribution in [0.1, 0.15) is 5.56 Å². The van der Waals surface area contributed by atoms with Crippen LogP contribution in [-0.4, -0.2) is 11.9 Å². The van der Waals surface area contributed by atoms with Crippen molar-refractivity contribution >= 4 is 58.3 Å². The smallest absolute Gasteiger partial charge is 0.326 e. The molecule has 30 heavy (non-hydrogen) atoms. The maximum Gasteiger partial charge on any atom is 0.326 e. The molecule has 4 nitrogen and oxygen atoms in total. The summed E-state index contributed by atoms with van der Waals surface area (Å²) in [5.74, 6) is -2.73. The molecule has 0 aliphatic heterocycles. The fourth-order valence-electron chi connectivity index (χ4n) is 2.59. The molecule has 0 aliphatic rings. The number of hydrogen-bond acceptors (Lipinski definition) is 4. The first-order valence-corrected chi connectivity index (χ1v) is 10.2. The van der Waals surface area contributed by atoms with Crippen molar-refractivity contribution in [3.05, 3.63) is 92.4 Å². The summed E-state index contributed by atoms with van der Waals surface area (Å²) in [4.78, 5) is 25.7. The zero-order valence-corrected chi connectivity index (χ0v) is 18.3. The van der Waals surface area contributed by atoms with Crippen molar-refractivity contribution in [1.29, 1.82) is 0 Å². The van der Waals surface area contributed by atoms with Gasteiger partial charge in [0.15, 0.2) is 5.92 Å². The van der Waals surface area contributed by atoms with E-state index in [0.717, 1.165) is 5.56 Å². The Balaban J connectivity index is 1.85. The second-order valence-corrected chi connectivity index (χ2v) is 7.92. The number of halogens is 4. The molecule has 0 amide bonds. The quantitative estimate of drug-likeness (QED) is 0.223. The molecule has 3 rings (SSSR count). The molecular formula is C22H14Cl4O4. The van der Waals surface area contributed by atoms with Crippen LogP contribution in [0.2, 0.25) is 20.1 Å². The Kier molecular flexibility index (Phi) is 7.62. The highest BCUT2D eigenvalue weighted by atomic mass is 35.5. The summed E-state index contributed by atoms with van der Waals surface area (Å²) in [6.07, 6.45) is 0.0644. The first-order valence-electron chi connectivity index (χ1n) is 8.71. The summed E-state index contributed by atoms with van der Waals surface area (Å²) in [7, 11) is 0. The molecule has 3 aromatic rings. The minimum atomic E-state index is -1.26. The van der Waals surface area contributed by atoms with Crippen molar-refractivity contribution in [2.24, 2.45) is 5.92 Å². The lowest BCUT2D eigenvalue weighted by atomic mass is 9.99. The maximum absolute atomic E-state index is 12.9. The summed E-state index contributed by atoms with van der Waals surface area (Å²) in [5, 5.41) is 1.06. The lowest BCUT2D eigenvalue weighted by Gasteiger charge is -2.16. The minimum Gasteiger partial charge on any atom is -0.424 e. The normalized spacial score (nSPS) is 10.7. The minimum absolute atomic E-state index is 0.0644. The average Bonchev–Trinajstić information content (AvgIpc) is 2.71. The van der Waals surface area contributed by atoms with Crippen LogP contribution in [0.3, 0.4) is 0 Å². The van der Waals surface area contributed by atoms with Gasteiger partial charge < -0.3 is 9.47 Å².